The maximum atomic E-state index is 12.7. The zero-order valence-electron chi connectivity index (χ0n) is 20.1. The Morgan fingerprint density at radius 2 is 0.714 bits per heavy atom. The molecule has 0 amide bonds. The fourth-order valence-corrected chi connectivity index (χ4v) is 5.54. The Morgan fingerprint density at radius 1 is 0.452 bits per heavy atom. The molecule has 0 N–H and O–H groups in total. The number of rotatable bonds is 8. The summed E-state index contributed by atoms with van der Waals surface area (Å²) in [6.07, 6.45) is -7.61. The standard InChI is InChI=1S/C18H15S.C6HF13O3S/c1-4-10-16(11-5-1)19(17-12-6-2-7-13-17)18-14-8-3-9-15-18;7-1(8,3(11,12)5(15,16)17)2(9,10)4(13,14)6(18,19)23(20,21)22/h1-15H;(H,20,21,22)/q+1;/p-1. The monoisotopic (exact) mass is 662 g/mol. The molecule has 3 aromatic carbocycles. The van der Waals surface area contributed by atoms with Crippen molar-refractivity contribution in [3.05, 3.63) is 91.0 Å². The third kappa shape index (κ3) is 6.34. The first-order chi connectivity index (χ1) is 18.9. The van der Waals surface area contributed by atoms with Gasteiger partial charge < -0.3 is 4.55 Å². The highest BCUT2D eigenvalue weighted by molar-refractivity contribution is 7.97. The van der Waals surface area contributed by atoms with Crippen molar-refractivity contribution in [3.63, 3.8) is 0 Å². The number of hydrogen-bond donors (Lipinski definition) is 0. The highest BCUT2D eigenvalue weighted by Crippen LogP contribution is 2.60. The quantitative estimate of drug-likeness (QED) is 0.140. The molecule has 0 aliphatic heterocycles. The van der Waals surface area contributed by atoms with Crippen molar-refractivity contribution in [2.75, 3.05) is 0 Å². The lowest BCUT2D eigenvalue weighted by Crippen LogP contribution is -2.71. The lowest BCUT2D eigenvalue weighted by molar-refractivity contribution is -0.433. The summed E-state index contributed by atoms with van der Waals surface area (Å²) in [5.41, 5.74) is 0. The summed E-state index contributed by atoms with van der Waals surface area (Å²) in [4.78, 5) is 4.08. The summed E-state index contributed by atoms with van der Waals surface area (Å²) < 4.78 is 189. The molecule has 0 radical (unpaired) electrons. The van der Waals surface area contributed by atoms with Gasteiger partial charge in [0.1, 0.15) is 0 Å². The molecule has 0 bridgehead atoms. The fourth-order valence-electron chi connectivity index (χ4n) is 2.99. The van der Waals surface area contributed by atoms with Crippen LogP contribution in [-0.2, 0) is 21.0 Å². The second kappa shape index (κ2) is 11.9. The van der Waals surface area contributed by atoms with Crippen LogP contribution < -0.4 is 0 Å². The van der Waals surface area contributed by atoms with Gasteiger partial charge in [-0.15, -0.1) is 0 Å². The van der Waals surface area contributed by atoms with Crippen LogP contribution in [0.4, 0.5) is 57.1 Å². The van der Waals surface area contributed by atoms with Gasteiger partial charge >= 0.3 is 35.1 Å². The summed E-state index contributed by atoms with van der Waals surface area (Å²) in [6, 6.07) is 32.2. The van der Waals surface area contributed by atoms with Gasteiger partial charge in [0.05, 0.1) is 10.9 Å². The Balaban J connectivity index is 0.000000297. The molecule has 0 fully saturated rings. The van der Waals surface area contributed by atoms with E-state index in [2.05, 4.69) is 91.0 Å². The van der Waals surface area contributed by atoms with Crippen molar-refractivity contribution in [2.45, 2.75) is 49.8 Å². The Kier molecular flexibility index (Phi) is 10.0. The van der Waals surface area contributed by atoms with Crippen LogP contribution in [0.3, 0.4) is 0 Å². The largest absolute Gasteiger partial charge is 0.743 e. The van der Waals surface area contributed by atoms with Gasteiger partial charge in [-0.2, -0.15) is 57.1 Å². The Labute approximate surface area is 232 Å². The third-order valence-electron chi connectivity index (χ3n) is 5.16. The van der Waals surface area contributed by atoms with E-state index in [9.17, 15) is 70.0 Å². The van der Waals surface area contributed by atoms with Gasteiger partial charge in [0.25, 0.3) is 0 Å². The molecule has 3 rings (SSSR count). The van der Waals surface area contributed by atoms with E-state index in [0.717, 1.165) is 0 Å². The molecule has 0 spiro atoms. The van der Waals surface area contributed by atoms with E-state index >= 15 is 0 Å². The Bertz CT molecular complexity index is 1320. The van der Waals surface area contributed by atoms with Crippen molar-refractivity contribution in [3.8, 4) is 0 Å². The molecule has 3 nitrogen and oxygen atoms in total. The van der Waals surface area contributed by atoms with Crippen LogP contribution in [0.5, 0.6) is 0 Å². The number of benzene rings is 3. The van der Waals surface area contributed by atoms with Gasteiger partial charge in [-0.05, 0) is 36.4 Å². The summed E-state index contributed by atoms with van der Waals surface area (Å²) in [5.74, 6) is -32.6. The van der Waals surface area contributed by atoms with Gasteiger partial charge in [0.15, 0.2) is 24.8 Å². The molecule has 0 atom stereocenters. The Hall–Kier alpha value is -2.99. The van der Waals surface area contributed by atoms with Gasteiger partial charge in [-0.25, -0.2) is 8.42 Å². The van der Waals surface area contributed by atoms with Crippen LogP contribution in [0.25, 0.3) is 0 Å². The van der Waals surface area contributed by atoms with Crippen LogP contribution in [0.15, 0.2) is 106 Å². The van der Waals surface area contributed by atoms with E-state index in [-0.39, 0.29) is 10.9 Å². The molecule has 232 valence electrons. The second-order valence-corrected chi connectivity index (χ2v) is 11.5. The smallest absolute Gasteiger partial charge is 0.460 e. The molecule has 3 aromatic rings. The summed E-state index contributed by atoms with van der Waals surface area (Å²) in [5, 5.41) is -7.63. The third-order valence-corrected chi connectivity index (χ3v) is 8.27. The van der Waals surface area contributed by atoms with Crippen LogP contribution in [-0.4, -0.2) is 48.1 Å². The molecular weight excluding hydrogens is 647 g/mol. The van der Waals surface area contributed by atoms with Gasteiger partial charge in [0.2, 0.25) is 0 Å². The van der Waals surface area contributed by atoms with Crippen molar-refractivity contribution in [1.29, 1.82) is 0 Å². The first-order valence-corrected chi connectivity index (χ1v) is 13.4. The summed E-state index contributed by atoms with van der Waals surface area (Å²) in [7, 11) is -7.87. The topological polar surface area (TPSA) is 57.2 Å². The van der Waals surface area contributed by atoms with Crippen molar-refractivity contribution in [1.82, 2.24) is 0 Å². The van der Waals surface area contributed by atoms with E-state index in [1.54, 1.807) is 0 Å². The first kappa shape index (κ1) is 35.2. The highest BCUT2D eigenvalue weighted by atomic mass is 32.2. The van der Waals surface area contributed by atoms with E-state index < -0.39 is 45.2 Å². The number of alkyl halides is 13. The zero-order valence-corrected chi connectivity index (χ0v) is 21.7. The minimum Gasteiger partial charge on any atom is -0.743 e. The van der Waals surface area contributed by atoms with Crippen LogP contribution in [0.2, 0.25) is 0 Å². The number of halogens is 13. The average molecular weight is 662 g/mol. The fraction of sp³-hybridized carbons (Fsp3) is 0.250. The van der Waals surface area contributed by atoms with Crippen LogP contribution >= 0.6 is 0 Å². The predicted octanol–water partition coefficient (Wildman–Crippen LogP) is 8.01. The van der Waals surface area contributed by atoms with Gasteiger partial charge in [-0.3, -0.25) is 0 Å². The molecule has 0 saturated heterocycles. The maximum absolute atomic E-state index is 12.7. The molecule has 0 heterocycles. The van der Waals surface area contributed by atoms with Gasteiger partial charge in [-0.1, -0.05) is 54.6 Å². The SMILES string of the molecule is O=S(=O)([O-])C(F)(F)C(F)(F)C(F)(F)C(F)(F)C(F)(F)C(F)(F)F.c1ccc([S+](c2ccccc2)c2ccccc2)cc1. The minimum atomic E-state index is -8.29. The lowest BCUT2D eigenvalue weighted by Gasteiger charge is -2.39. The van der Waals surface area contributed by atoms with E-state index in [1.807, 2.05) is 0 Å². The summed E-state index contributed by atoms with van der Waals surface area (Å²) >= 11 is 0. The van der Waals surface area contributed by atoms with Crippen LogP contribution in [0, 0.1) is 0 Å². The van der Waals surface area contributed by atoms with E-state index in [0.29, 0.717) is 0 Å². The molecule has 42 heavy (non-hydrogen) atoms. The molecule has 0 unspecified atom stereocenters. The molecular formula is C24H15F13O3S2. The molecule has 0 aliphatic rings. The van der Waals surface area contributed by atoms with Crippen molar-refractivity contribution < 1.29 is 70.0 Å². The first-order valence-electron chi connectivity index (χ1n) is 10.8. The van der Waals surface area contributed by atoms with Gasteiger partial charge in [0, 0.05) is 0 Å². The van der Waals surface area contributed by atoms with E-state index in [1.165, 1.54) is 14.7 Å². The summed E-state index contributed by atoms with van der Waals surface area (Å²) in [6.45, 7) is 0. The molecule has 0 saturated carbocycles. The Morgan fingerprint density at radius 3 is 0.952 bits per heavy atom. The molecule has 0 aliphatic carbocycles. The van der Waals surface area contributed by atoms with Crippen molar-refractivity contribution >= 4 is 21.0 Å². The lowest BCUT2D eigenvalue weighted by atomic mass is 9.98. The number of hydrogen-bond acceptors (Lipinski definition) is 3. The molecule has 0 aromatic heterocycles. The minimum absolute atomic E-state index is 0.0146. The predicted molar refractivity (Wildman–Crippen MR) is 122 cm³/mol. The average Bonchev–Trinajstić information content (AvgIpc) is 2.89. The molecule has 18 heteroatoms. The zero-order chi connectivity index (χ0) is 32.4. The normalized spacial score (nSPS) is 13.9. The maximum Gasteiger partial charge on any atom is 0.460 e. The highest BCUT2D eigenvalue weighted by Gasteiger charge is 2.91. The van der Waals surface area contributed by atoms with E-state index in [4.69, 9.17) is 0 Å². The van der Waals surface area contributed by atoms with Crippen molar-refractivity contribution in [2.24, 2.45) is 0 Å². The second-order valence-electron chi connectivity index (χ2n) is 8.01. The van der Waals surface area contributed by atoms with Crippen LogP contribution in [0.1, 0.15) is 0 Å².